The van der Waals surface area contributed by atoms with Gasteiger partial charge in [-0.3, -0.25) is 4.79 Å². The maximum absolute atomic E-state index is 12.1. The first-order valence-corrected chi connectivity index (χ1v) is 6.70. The minimum absolute atomic E-state index is 0.0593. The number of aromatic nitrogens is 1. The van der Waals surface area contributed by atoms with Crippen LogP contribution in [0.3, 0.4) is 0 Å². The summed E-state index contributed by atoms with van der Waals surface area (Å²) in [6.07, 6.45) is 2.29. The van der Waals surface area contributed by atoms with Gasteiger partial charge < -0.3 is 15.4 Å². The molecule has 1 saturated heterocycles. The zero-order valence-corrected chi connectivity index (χ0v) is 10.7. The van der Waals surface area contributed by atoms with Gasteiger partial charge in [0.1, 0.15) is 5.69 Å². The molecule has 0 aromatic carbocycles. The highest BCUT2D eigenvalue weighted by Gasteiger charge is 2.23. The van der Waals surface area contributed by atoms with Crippen LogP contribution in [0.2, 0.25) is 0 Å². The highest BCUT2D eigenvalue weighted by atomic mass is 32.1. The number of hydrogen-bond acceptors (Lipinski definition) is 5. The van der Waals surface area contributed by atoms with E-state index in [1.165, 1.54) is 11.3 Å². The van der Waals surface area contributed by atoms with Crippen LogP contribution in [-0.4, -0.2) is 41.6 Å². The van der Waals surface area contributed by atoms with Gasteiger partial charge in [-0.1, -0.05) is 0 Å². The van der Waals surface area contributed by atoms with Crippen LogP contribution >= 0.6 is 11.3 Å². The zero-order valence-electron chi connectivity index (χ0n) is 9.89. The van der Waals surface area contributed by atoms with Crippen molar-refractivity contribution in [2.45, 2.75) is 25.9 Å². The van der Waals surface area contributed by atoms with Crippen LogP contribution in [0.5, 0.6) is 0 Å². The summed E-state index contributed by atoms with van der Waals surface area (Å²) in [7, 11) is 0. The molecule has 1 aliphatic rings. The van der Waals surface area contributed by atoms with Crippen molar-refractivity contribution < 1.29 is 9.53 Å². The second kappa shape index (κ2) is 5.46. The van der Waals surface area contributed by atoms with Gasteiger partial charge in [-0.05, 0) is 19.8 Å². The van der Waals surface area contributed by atoms with Gasteiger partial charge in [0.2, 0.25) is 0 Å². The van der Waals surface area contributed by atoms with E-state index in [2.05, 4.69) is 4.98 Å². The second-order valence-corrected chi connectivity index (χ2v) is 4.94. The van der Waals surface area contributed by atoms with Gasteiger partial charge in [0.15, 0.2) is 5.13 Å². The summed E-state index contributed by atoms with van der Waals surface area (Å²) < 4.78 is 5.54. The van der Waals surface area contributed by atoms with Crippen molar-refractivity contribution in [1.82, 2.24) is 9.88 Å². The van der Waals surface area contributed by atoms with E-state index in [4.69, 9.17) is 10.5 Å². The summed E-state index contributed by atoms with van der Waals surface area (Å²) in [6.45, 7) is 4.07. The maximum Gasteiger partial charge on any atom is 0.273 e. The fourth-order valence-electron chi connectivity index (χ4n) is 1.94. The third-order valence-corrected chi connectivity index (χ3v) is 3.53. The molecule has 5 nitrogen and oxygen atoms in total. The zero-order chi connectivity index (χ0) is 12.3. The Balaban J connectivity index is 1.99. The summed E-state index contributed by atoms with van der Waals surface area (Å²) >= 11 is 1.29. The number of nitrogens with zero attached hydrogens (tertiary/aromatic N) is 2. The first kappa shape index (κ1) is 12.3. The average Bonchev–Trinajstić information content (AvgIpc) is 2.96. The molecular formula is C11H17N3O2S. The lowest BCUT2D eigenvalue weighted by atomic mass is 10.2. The number of carbonyl (C=O) groups is 1. The van der Waals surface area contributed by atoms with E-state index < -0.39 is 0 Å². The average molecular weight is 255 g/mol. The molecule has 0 spiro atoms. The van der Waals surface area contributed by atoms with Crippen molar-refractivity contribution >= 4 is 22.4 Å². The predicted octanol–water partition coefficient (Wildman–Crippen LogP) is 1.37. The minimum Gasteiger partial charge on any atom is -0.376 e. The standard InChI is InChI=1S/C11H17N3O2S/c1-2-14(6-8-4-3-5-16-8)10(15)9-7-17-11(12)13-9/h7-8H,2-6H2,1H3,(H2,12,13). The van der Waals surface area contributed by atoms with Crippen LogP contribution in [0.25, 0.3) is 0 Å². The van der Waals surface area contributed by atoms with E-state index >= 15 is 0 Å². The molecule has 2 heterocycles. The van der Waals surface area contributed by atoms with Crippen LogP contribution in [0.1, 0.15) is 30.3 Å². The molecule has 1 aromatic rings. The summed E-state index contributed by atoms with van der Waals surface area (Å²) in [6, 6.07) is 0. The number of rotatable bonds is 4. The molecule has 17 heavy (non-hydrogen) atoms. The normalized spacial score (nSPS) is 19.5. The molecule has 0 bridgehead atoms. The number of nitrogen functional groups attached to an aromatic ring is 1. The molecule has 1 aliphatic heterocycles. The summed E-state index contributed by atoms with van der Waals surface area (Å²) in [5.41, 5.74) is 5.97. The van der Waals surface area contributed by atoms with Crippen LogP contribution in [0, 0.1) is 0 Å². The van der Waals surface area contributed by atoms with E-state index in [0.717, 1.165) is 19.4 Å². The molecule has 94 valence electrons. The Hall–Kier alpha value is -1.14. The van der Waals surface area contributed by atoms with Crippen LogP contribution in [-0.2, 0) is 4.74 Å². The summed E-state index contributed by atoms with van der Waals surface area (Å²) in [5.74, 6) is -0.0593. The molecule has 1 atom stereocenters. The number of carbonyl (C=O) groups excluding carboxylic acids is 1. The Labute approximate surface area is 105 Å². The van der Waals surface area contributed by atoms with Crippen molar-refractivity contribution in [3.8, 4) is 0 Å². The molecule has 0 aliphatic carbocycles. The number of hydrogen-bond donors (Lipinski definition) is 1. The lowest BCUT2D eigenvalue weighted by Gasteiger charge is -2.23. The Morgan fingerprint density at radius 3 is 3.12 bits per heavy atom. The van der Waals surface area contributed by atoms with E-state index in [-0.39, 0.29) is 12.0 Å². The molecular weight excluding hydrogens is 238 g/mol. The van der Waals surface area contributed by atoms with Gasteiger partial charge >= 0.3 is 0 Å². The van der Waals surface area contributed by atoms with Crippen LogP contribution in [0.15, 0.2) is 5.38 Å². The first-order valence-electron chi connectivity index (χ1n) is 5.82. The molecule has 1 unspecified atom stereocenters. The van der Waals surface area contributed by atoms with Gasteiger partial charge in [0.05, 0.1) is 6.10 Å². The second-order valence-electron chi connectivity index (χ2n) is 4.05. The predicted molar refractivity (Wildman–Crippen MR) is 67.1 cm³/mol. The van der Waals surface area contributed by atoms with E-state index in [9.17, 15) is 4.79 Å². The van der Waals surface area contributed by atoms with Crippen LogP contribution in [0.4, 0.5) is 5.13 Å². The molecule has 1 aromatic heterocycles. The smallest absolute Gasteiger partial charge is 0.273 e. The minimum atomic E-state index is -0.0593. The van der Waals surface area contributed by atoms with Crippen molar-refractivity contribution in [2.75, 3.05) is 25.4 Å². The molecule has 6 heteroatoms. The number of anilines is 1. The van der Waals surface area contributed by atoms with Gasteiger partial charge in [-0.2, -0.15) is 0 Å². The molecule has 0 saturated carbocycles. The lowest BCUT2D eigenvalue weighted by Crippen LogP contribution is -2.37. The van der Waals surface area contributed by atoms with Gasteiger partial charge in [-0.25, -0.2) is 4.98 Å². The summed E-state index contributed by atoms with van der Waals surface area (Å²) in [5, 5.41) is 2.14. The molecule has 1 amide bonds. The van der Waals surface area contributed by atoms with Crippen molar-refractivity contribution in [2.24, 2.45) is 0 Å². The van der Waals surface area contributed by atoms with Gasteiger partial charge in [-0.15, -0.1) is 11.3 Å². The quantitative estimate of drug-likeness (QED) is 0.882. The van der Waals surface area contributed by atoms with Gasteiger partial charge in [0, 0.05) is 25.1 Å². The SMILES string of the molecule is CCN(CC1CCCO1)C(=O)c1csc(N)n1. The third kappa shape index (κ3) is 2.95. The number of likely N-dealkylation sites (N-methyl/N-ethyl adjacent to an activating group) is 1. The fraction of sp³-hybridized carbons (Fsp3) is 0.636. The van der Waals surface area contributed by atoms with Gasteiger partial charge in [0.25, 0.3) is 5.91 Å². The number of nitrogens with two attached hydrogens (primary N) is 1. The largest absolute Gasteiger partial charge is 0.376 e. The third-order valence-electron chi connectivity index (χ3n) is 2.86. The Bertz CT molecular complexity index is 388. The van der Waals surface area contributed by atoms with Crippen molar-refractivity contribution in [3.05, 3.63) is 11.1 Å². The van der Waals surface area contributed by atoms with E-state index in [1.54, 1.807) is 10.3 Å². The molecule has 2 N–H and O–H groups in total. The number of amides is 1. The van der Waals surface area contributed by atoms with E-state index in [1.807, 2.05) is 6.92 Å². The molecule has 0 radical (unpaired) electrons. The Morgan fingerprint density at radius 2 is 2.59 bits per heavy atom. The highest BCUT2D eigenvalue weighted by molar-refractivity contribution is 7.13. The maximum atomic E-state index is 12.1. The Morgan fingerprint density at radius 1 is 1.76 bits per heavy atom. The Kier molecular flexibility index (Phi) is 3.96. The van der Waals surface area contributed by atoms with E-state index in [0.29, 0.717) is 23.9 Å². The number of thiazole rings is 1. The monoisotopic (exact) mass is 255 g/mol. The lowest BCUT2D eigenvalue weighted by molar-refractivity contribution is 0.0535. The number of ether oxygens (including phenoxy) is 1. The fourth-order valence-corrected chi connectivity index (χ4v) is 2.47. The van der Waals surface area contributed by atoms with Crippen LogP contribution < -0.4 is 5.73 Å². The first-order chi connectivity index (χ1) is 8.20. The van der Waals surface area contributed by atoms with Crippen molar-refractivity contribution in [1.29, 1.82) is 0 Å². The van der Waals surface area contributed by atoms with Crippen molar-refractivity contribution in [3.63, 3.8) is 0 Å². The topological polar surface area (TPSA) is 68.5 Å². The molecule has 1 fully saturated rings. The summed E-state index contributed by atoms with van der Waals surface area (Å²) in [4.78, 5) is 17.9. The molecule has 2 rings (SSSR count). The highest BCUT2D eigenvalue weighted by Crippen LogP contribution is 2.16.